The van der Waals surface area contributed by atoms with Gasteiger partial charge in [-0.3, -0.25) is 14.2 Å². The van der Waals surface area contributed by atoms with E-state index < -0.39 is 42.7 Å². The van der Waals surface area contributed by atoms with Crippen LogP contribution in [0.5, 0.6) is 0 Å². The number of rotatable bonds is 8. The van der Waals surface area contributed by atoms with E-state index in [1.54, 1.807) is 11.4 Å². The molecular weight excluding hydrogens is 599 g/mol. The highest BCUT2D eigenvalue weighted by Gasteiger charge is 2.33. The zero-order valence-corrected chi connectivity index (χ0v) is 22.6. The van der Waals surface area contributed by atoms with Crippen LogP contribution in [0.4, 0.5) is 30.2 Å². The normalized spacial score (nSPS) is 12.1. The zero-order chi connectivity index (χ0) is 28.4. The lowest BCUT2D eigenvalue weighted by Gasteiger charge is -2.13. The fraction of sp³-hybridized carbons (Fsp3) is 0.0417. The van der Waals surface area contributed by atoms with Gasteiger partial charge in [-0.05, 0) is 78.2 Å². The van der Waals surface area contributed by atoms with Crippen LogP contribution in [0.1, 0.15) is 15.9 Å². The second kappa shape index (κ2) is 10.9. The van der Waals surface area contributed by atoms with Gasteiger partial charge in [-0.2, -0.15) is 13.2 Å². The first-order valence-corrected chi connectivity index (χ1v) is 14.9. The van der Waals surface area contributed by atoms with Gasteiger partial charge in [0.05, 0.1) is 15.5 Å². The van der Waals surface area contributed by atoms with Gasteiger partial charge in [0.25, 0.3) is 26.0 Å². The first-order chi connectivity index (χ1) is 18.2. The number of alkyl halides is 3. The summed E-state index contributed by atoms with van der Waals surface area (Å²) in [6, 6.07) is 16.3. The van der Waals surface area contributed by atoms with Crippen molar-refractivity contribution in [3.8, 4) is 0 Å². The zero-order valence-electron chi connectivity index (χ0n) is 19.4. The van der Waals surface area contributed by atoms with E-state index in [1.165, 1.54) is 54.6 Å². The molecule has 39 heavy (non-hydrogen) atoms. The van der Waals surface area contributed by atoms with Gasteiger partial charge in [0.1, 0.15) is 4.21 Å². The highest BCUT2D eigenvalue weighted by Crippen LogP contribution is 2.36. The molecule has 0 aliphatic heterocycles. The topological polar surface area (TPSA) is 121 Å². The van der Waals surface area contributed by atoms with Crippen LogP contribution in [0.2, 0.25) is 5.02 Å². The summed E-state index contributed by atoms with van der Waals surface area (Å²) in [7, 11) is -7.99. The summed E-state index contributed by atoms with van der Waals surface area (Å²) < 4.78 is 93.8. The molecule has 0 unspecified atom stereocenters. The van der Waals surface area contributed by atoms with Crippen LogP contribution >= 0.6 is 22.9 Å². The number of sulfonamides is 2. The van der Waals surface area contributed by atoms with E-state index in [9.17, 15) is 34.8 Å². The van der Waals surface area contributed by atoms with Crippen molar-refractivity contribution in [2.45, 2.75) is 15.3 Å². The highest BCUT2D eigenvalue weighted by molar-refractivity contribution is 7.94. The van der Waals surface area contributed by atoms with Gasteiger partial charge in [0.2, 0.25) is 0 Å². The minimum absolute atomic E-state index is 0.143. The summed E-state index contributed by atoms with van der Waals surface area (Å²) in [6.45, 7) is 0. The molecule has 0 fully saturated rings. The van der Waals surface area contributed by atoms with Crippen LogP contribution in [0.15, 0.2) is 93.3 Å². The Bertz CT molecular complexity index is 1710. The van der Waals surface area contributed by atoms with Crippen LogP contribution in [0.3, 0.4) is 0 Å². The van der Waals surface area contributed by atoms with Gasteiger partial charge >= 0.3 is 6.18 Å². The molecule has 0 radical (unpaired) electrons. The van der Waals surface area contributed by atoms with Crippen molar-refractivity contribution in [3.05, 3.63) is 100 Å². The van der Waals surface area contributed by atoms with E-state index in [0.29, 0.717) is 6.07 Å². The van der Waals surface area contributed by atoms with Crippen LogP contribution in [-0.4, -0.2) is 22.7 Å². The summed E-state index contributed by atoms with van der Waals surface area (Å²) in [6.07, 6.45) is -4.77. The van der Waals surface area contributed by atoms with E-state index in [-0.39, 0.29) is 31.7 Å². The Morgan fingerprint density at radius 1 is 0.769 bits per heavy atom. The van der Waals surface area contributed by atoms with E-state index in [2.05, 4.69) is 14.8 Å². The third-order valence-corrected chi connectivity index (χ3v) is 9.61. The molecule has 204 valence electrons. The third-order valence-electron chi connectivity index (χ3n) is 5.11. The van der Waals surface area contributed by atoms with Crippen molar-refractivity contribution in [2.75, 3.05) is 14.8 Å². The number of carbonyl (C=O) groups excluding carboxylic acids is 1. The predicted octanol–water partition coefficient (Wildman–Crippen LogP) is 6.27. The lowest BCUT2D eigenvalue weighted by Crippen LogP contribution is -2.15. The standard InChI is InChI=1S/C24H17ClF3N3O5S3/c25-21-12-9-18(14-20(21)24(26,27)28)31-38(33,34)19-10-7-16(8-11-19)29-23(32)15-3-5-17(6-4-15)30-39(35,36)22-2-1-13-37-22/h1-14,30-31H,(H,29,32). The molecule has 0 atom stereocenters. The quantitative estimate of drug-likeness (QED) is 0.216. The van der Waals surface area contributed by atoms with Gasteiger partial charge in [-0.15, -0.1) is 11.3 Å². The molecular formula is C24H17ClF3N3O5S3. The number of anilines is 3. The van der Waals surface area contributed by atoms with Crippen molar-refractivity contribution in [1.82, 2.24) is 0 Å². The Morgan fingerprint density at radius 3 is 1.95 bits per heavy atom. The van der Waals surface area contributed by atoms with Gasteiger partial charge in [0, 0.05) is 22.6 Å². The van der Waals surface area contributed by atoms with Gasteiger partial charge < -0.3 is 5.32 Å². The van der Waals surface area contributed by atoms with Crippen molar-refractivity contribution < 1.29 is 34.8 Å². The number of halogens is 4. The van der Waals surface area contributed by atoms with E-state index >= 15 is 0 Å². The summed E-state index contributed by atoms with van der Waals surface area (Å²) in [5, 5.41) is 3.64. The van der Waals surface area contributed by atoms with Gasteiger partial charge in [-0.25, -0.2) is 16.8 Å². The molecule has 0 aliphatic carbocycles. The molecule has 8 nitrogen and oxygen atoms in total. The maximum Gasteiger partial charge on any atom is 0.417 e. The molecule has 0 saturated carbocycles. The van der Waals surface area contributed by atoms with Gasteiger partial charge in [0.15, 0.2) is 0 Å². The number of nitrogens with one attached hydrogen (secondary N) is 3. The molecule has 3 aromatic carbocycles. The molecule has 1 amide bonds. The number of hydrogen-bond acceptors (Lipinski definition) is 6. The number of benzene rings is 3. The number of thiophene rings is 1. The average molecular weight is 616 g/mol. The molecule has 3 N–H and O–H groups in total. The fourth-order valence-electron chi connectivity index (χ4n) is 3.25. The second-order valence-electron chi connectivity index (χ2n) is 7.89. The van der Waals surface area contributed by atoms with Crippen molar-refractivity contribution in [3.63, 3.8) is 0 Å². The molecule has 4 aromatic rings. The molecule has 0 spiro atoms. The fourth-order valence-corrected chi connectivity index (χ4v) is 6.58. The van der Waals surface area contributed by atoms with Crippen molar-refractivity contribution in [2.24, 2.45) is 0 Å². The second-order valence-corrected chi connectivity index (χ2v) is 12.8. The molecule has 15 heteroatoms. The summed E-state index contributed by atoms with van der Waals surface area (Å²) in [5.41, 5.74) is -0.812. The summed E-state index contributed by atoms with van der Waals surface area (Å²) in [4.78, 5) is 12.3. The maximum absolute atomic E-state index is 13.1. The average Bonchev–Trinajstić information content (AvgIpc) is 3.41. The Hall–Kier alpha value is -3.59. The molecule has 0 aliphatic rings. The minimum Gasteiger partial charge on any atom is -0.322 e. The predicted molar refractivity (Wildman–Crippen MR) is 143 cm³/mol. The molecule has 1 heterocycles. The van der Waals surface area contributed by atoms with E-state index in [1.807, 2.05) is 0 Å². The van der Waals surface area contributed by atoms with Crippen molar-refractivity contribution in [1.29, 1.82) is 0 Å². The molecule has 4 rings (SSSR count). The Labute approximate surface area is 230 Å². The third kappa shape index (κ3) is 6.89. The summed E-state index contributed by atoms with van der Waals surface area (Å²) >= 11 is 6.63. The maximum atomic E-state index is 13.1. The first-order valence-electron chi connectivity index (χ1n) is 10.7. The minimum atomic E-state index is -4.77. The molecule has 0 saturated heterocycles. The van der Waals surface area contributed by atoms with E-state index in [4.69, 9.17) is 11.6 Å². The van der Waals surface area contributed by atoms with Crippen LogP contribution in [-0.2, 0) is 26.2 Å². The Balaban J connectivity index is 1.41. The lowest BCUT2D eigenvalue weighted by molar-refractivity contribution is -0.137. The number of amides is 1. The monoisotopic (exact) mass is 615 g/mol. The smallest absolute Gasteiger partial charge is 0.322 e. The first kappa shape index (κ1) is 28.4. The van der Waals surface area contributed by atoms with Crippen molar-refractivity contribution >= 4 is 66.0 Å². The SMILES string of the molecule is O=C(Nc1ccc(S(=O)(=O)Nc2ccc(Cl)c(C(F)(F)F)c2)cc1)c1ccc(NS(=O)(=O)c2cccs2)cc1. The number of carbonyl (C=O) groups is 1. The summed E-state index contributed by atoms with van der Waals surface area (Å²) in [5.74, 6) is -0.544. The Morgan fingerprint density at radius 2 is 1.36 bits per heavy atom. The van der Waals surface area contributed by atoms with Crippen LogP contribution < -0.4 is 14.8 Å². The largest absolute Gasteiger partial charge is 0.417 e. The number of hydrogen-bond donors (Lipinski definition) is 3. The van der Waals surface area contributed by atoms with Crippen LogP contribution in [0.25, 0.3) is 0 Å². The molecule has 0 bridgehead atoms. The highest BCUT2D eigenvalue weighted by atomic mass is 35.5. The molecule has 1 aromatic heterocycles. The van der Waals surface area contributed by atoms with E-state index in [0.717, 1.165) is 23.5 Å². The Kier molecular flexibility index (Phi) is 7.93. The van der Waals surface area contributed by atoms with Crippen LogP contribution in [0, 0.1) is 0 Å². The lowest BCUT2D eigenvalue weighted by atomic mass is 10.2. The van der Waals surface area contributed by atoms with Gasteiger partial charge in [-0.1, -0.05) is 17.7 Å².